The van der Waals surface area contributed by atoms with Crippen LogP contribution in [0.3, 0.4) is 0 Å². The van der Waals surface area contributed by atoms with Crippen molar-refractivity contribution in [3.63, 3.8) is 0 Å². The Labute approximate surface area is 131 Å². The first kappa shape index (κ1) is 18.0. The molecule has 1 fully saturated rings. The van der Waals surface area contributed by atoms with Crippen molar-refractivity contribution < 1.29 is 4.74 Å². The Kier molecular flexibility index (Phi) is 6.56. The lowest BCUT2D eigenvalue weighted by Gasteiger charge is -2.23. The third-order valence-electron chi connectivity index (χ3n) is 5.53. The van der Waals surface area contributed by atoms with Crippen LogP contribution in [0.1, 0.15) is 41.0 Å². The van der Waals surface area contributed by atoms with Crippen molar-refractivity contribution in [2.45, 2.75) is 41.0 Å². The molecule has 118 valence electrons. The fourth-order valence-electron chi connectivity index (χ4n) is 3.64. The van der Waals surface area contributed by atoms with Crippen LogP contribution in [0.5, 0.6) is 0 Å². The minimum Gasteiger partial charge on any atom is -0.380 e. The summed E-state index contributed by atoms with van der Waals surface area (Å²) in [6.45, 7) is 16.7. The van der Waals surface area contributed by atoms with Crippen LogP contribution in [-0.4, -0.2) is 37.7 Å². The number of ether oxygens (including phenoxy) is 1. The zero-order chi connectivity index (χ0) is 14.0. The topological polar surface area (TPSA) is 12.5 Å². The van der Waals surface area contributed by atoms with Gasteiger partial charge < -0.3 is 9.64 Å². The Bertz CT molecular complexity index is 336. The minimum atomic E-state index is 0. The van der Waals surface area contributed by atoms with E-state index in [0.29, 0.717) is 11.3 Å². The first-order valence-electron chi connectivity index (χ1n) is 7.99. The Morgan fingerprint density at radius 1 is 1.30 bits per heavy atom. The van der Waals surface area contributed by atoms with Crippen LogP contribution < -0.4 is 0 Å². The number of fused-ring (bicyclic) bond motifs is 1. The number of likely N-dealkylation sites (N-methyl/N-ethyl adjacent to an activating group) is 1. The monoisotopic (exact) mass is 301 g/mol. The second kappa shape index (κ2) is 7.29. The lowest BCUT2D eigenvalue weighted by atomic mass is 9.89. The summed E-state index contributed by atoms with van der Waals surface area (Å²) >= 11 is 0. The smallest absolute Gasteiger partial charge is 0.0593 e. The minimum absolute atomic E-state index is 0. The molecule has 2 aliphatic rings. The molecule has 3 unspecified atom stereocenters. The Morgan fingerprint density at radius 3 is 2.55 bits per heavy atom. The summed E-state index contributed by atoms with van der Waals surface area (Å²) in [5, 5.41) is 0. The van der Waals surface area contributed by atoms with Gasteiger partial charge in [0.05, 0.1) is 13.2 Å². The maximum atomic E-state index is 5.93. The molecule has 0 heterocycles. The Hall–Kier alpha value is -0.0500. The van der Waals surface area contributed by atoms with Gasteiger partial charge in [0, 0.05) is 12.5 Å². The van der Waals surface area contributed by atoms with Crippen molar-refractivity contribution in [3.8, 4) is 0 Å². The average Bonchev–Trinajstić information content (AvgIpc) is 2.91. The predicted molar refractivity (Wildman–Crippen MR) is 88.5 cm³/mol. The van der Waals surface area contributed by atoms with Gasteiger partial charge in [-0.1, -0.05) is 39.3 Å². The third-order valence-corrected chi connectivity index (χ3v) is 5.53. The highest BCUT2D eigenvalue weighted by Gasteiger charge is 2.58. The molecule has 3 heteroatoms. The Morgan fingerprint density at radius 2 is 1.95 bits per heavy atom. The van der Waals surface area contributed by atoms with Crippen molar-refractivity contribution in [3.05, 3.63) is 11.6 Å². The zero-order valence-electron chi connectivity index (χ0n) is 13.8. The van der Waals surface area contributed by atoms with Gasteiger partial charge in [0.15, 0.2) is 0 Å². The molecule has 2 aliphatic carbocycles. The summed E-state index contributed by atoms with van der Waals surface area (Å²) in [7, 11) is 0. The summed E-state index contributed by atoms with van der Waals surface area (Å²) < 4.78 is 5.93. The van der Waals surface area contributed by atoms with Gasteiger partial charge in [0.1, 0.15) is 0 Å². The molecule has 0 N–H and O–H groups in total. The standard InChI is InChI=1S/C17H31NO.ClH/c1-6-18(7-2)8-9-19-12-14-11-16-15(10-13(14)3)17(16,4)5;/h10,14-16H,6-9,11-12H2,1-5H3;1H. The SMILES string of the molecule is CCN(CC)CCOCC1CC2C(C=C1C)C2(C)C.Cl. The van der Waals surface area contributed by atoms with E-state index in [2.05, 4.69) is 45.6 Å². The molecular formula is C17H32ClNO. The van der Waals surface area contributed by atoms with Gasteiger partial charge in [-0.2, -0.15) is 0 Å². The Balaban J connectivity index is 0.00000200. The molecule has 0 bridgehead atoms. The van der Waals surface area contributed by atoms with Gasteiger partial charge >= 0.3 is 0 Å². The molecule has 20 heavy (non-hydrogen) atoms. The van der Waals surface area contributed by atoms with E-state index in [4.69, 9.17) is 4.74 Å². The van der Waals surface area contributed by atoms with Crippen molar-refractivity contribution in [2.24, 2.45) is 23.2 Å². The molecule has 0 spiro atoms. The van der Waals surface area contributed by atoms with E-state index in [9.17, 15) is 0 Å². The van der Waals surface area contributed by atoms with Gasteiger partial charge in [-0.25, -0.2) is 0 Å². The van der Waals surface area contributed by atoms with Crippen molar-refractivity contribution in [1.29, 1.82) is 0 Å². The summed E-state index contributed by atoms with van der Waals surface area (Å²) in [6.07, 6.45) is 3.86. The number of hydrogen-bond acceptors (Lipinski definition) is 2. The summed E-state index contributed by atoms with van der Waals surface area (Å²) in [4.78, 5) is 2.42. The van der Waals surface area contributed by atoms with Crippen LogP contribution in [0.25, 0.3) is 0 Å². The maximum absolute atomic E-state index is 5.93. The largest absolute Gasteiger partial charge is 0.380 e. The fourth-order valence-corrected chi connectivity index (χ4v) is 3.64. The molecule has 2 rings (SSSR count). The first-order chi connectivity index (χ1) is 9.00. The molecular weight excluding hydrogens is 270 g/mol. The van der Waals surface area contributed by atoms with E-state index in [1.807, 2.05) is 0 Å². The molecule has 0 radical (unpaired) electrons. The second-order valence-electron chi connectivity index (χ2n) is 6.90. The molecule has 3 atom stereocenters. The molecule has 0 aromatic heterocycles. The molecule has 0 aliphatic heterocycles. The van der Waals surface area contributed by atoms with Gasteiger partial charge in [-0.05, 0) is 43.7 Å². The van der Waals surface area contributed by atoms with Crippen LogP contribution in [0.4, 0.5) is 0 Å². The van der Waals surface area contributed by atoms with Crippen molar-refractivity contribution in [2.75, 3.05) is 32.8 Å². The first-order valence-corrected chi connectivity index (χ1v) is 7.99. The van der Waals surface area contributed by atoms with Gasteiger partial charge in [0.2, 0.25) is 0 Å². The molecule has 1 saturated carbocycles. The van der Waals surface area contributed by atoms with Crippen LogP contribution in [-0.2, 0) is 4.74 Å². The van der Waals surface area contributed by atoms with Gasteiger partial charge in [0.25, 0.3) is 0 Å². The maximum Gasteiger partial charge on any atom is 0.0593 e. The highest BCUT2D eigenvalue weighted by molar-refractivity contribution is 5.85. The van der Waals surface area contributed by atoms with Crippen LogP contribution in [0, 0.1) is 23.2 Å². The van der Waals surface area contributed by atoms with E-state index >= 15 is 0 Å². The number of halogens is 1. The van der Waals surface area contributed by atoms with Crippen molar-refractivity contribution >= 4 is 12.4 Å². The van der Waals surface area contributed by atoms with E-state index in [1.54, 1.807) is 5.57 Å². The molecule has 2 nitrogen and oxygen atoms in total. The number of rotatable bonds is 7. The third kappa shape index (κ3) is 3.78. The lowest BCUT2D eigenvalue weighted by Crippen LogP contribution is -2.28. The highest BCUT2D eigenvalue weighted by atomic mass is 35.5. The van der Waals surface area contributed by atoms with Crippen LogP contribution >= 0.6 is 12.4 Å². The predicted octanol–water partition coefficient (Wildman–Crippen LogP) is 4.01. The number of nitrogens with zero attached hydrogens (tertiary/aromatic N) is 1. The van der Waals surface area contributed by atoms with E-state index in [0.717, 1.165) is 44.7 Å². The molecule has 0 saturated heterocycles. The quantitative estimate of drug-likeness (QED) is 0.520. The van der Waals surface area contributed by atoms with Crippen LogP contribution in [0.2, 0.25) is 0 Å². The van der Waals surface area contributed by atoms with E-state index in [1.165, 1.54) is 6.42 Å². The average molecular weight is 302 g/mol. The molecule has 0 amide bonds. The normalized spacial score (nSPS) is 30.5. The van der Waals surface area contributed by atoms with Crippen molar-refractivity contribution in [1.82, 2.24) is 4.90 Å². The lowest BCUT2D eigenvalue weighted by molar-refractivity contribution is 0.0826. The van der Waals surface area contributed by atoms with Gasteiger partial charge in [-0.15, -0.1) is 12.4 Å². The summed E-state index contributed by atoms with van der Waals surface area (Å²) in [5.41, 5.74) is 2.12. The fraction of sp³-hybridized carbons (Fsp3) is 0.882. The van der Waals surface area contributed by atoms with E-state index < -0.39 is 0 Å². The van der Waals surface area contributed by atoms with Gasteiger partial charge in [-0.3, -0.25) is 0 Å². The second-order valence-corrected chi connectivity index (χ2v) is 6.90. The molecule has 0 aromatic carbocycles. The number of allylic oxidation sites excluding steroid dienone is 1. The molecule has 0 aromatic rings. The summed E-state index contributed by atoms with van der Waals surface area (Å²) in [5.74, 6) is 2.42. The van der Waals surface area contributed by atoms with E-state index in [-0.39, 0.29) is 12.4 Å². The summed E-state index contributed by atoms with van der Waals surface area (Å²) in [6, 6.07) is 0. The highest BCUT2D eigenvalue weighted by Crippen LogP contribution is 2.64. The zero-order valence-corrected chi connectivity index (χ0v) is 14.6. The number of hydrogen-bond donors (Lipinski definition) is 0. The van der Waals surface area contributed by atoms with Crippen LogP contribution in [0.15, 0.2) is 11.6 Å².